The second-order valence-electron chi connectivity index (χ2n) is 4.19. The number of carboxylic acid groups (broad SMARTS) is 1. The second kappa shape index (κ2) is 6.20. The van der Waals surface area contributed by atoms with Gasteiger partial charge in [-0.05, 0) is 12.8 Å². The van der Waals surface area contributed by atoms with Crippen molar-refractivity contribution in [1.82, 2.24) is 10.2 Å². The normalized spacial score (nSPS) is 18.2. The van der Waals surface area contributed by atoms with E-state index in [4.69, 9.17) is 15.9 Å². The summed E-state index contributed by atoms with van der Waals surface area (Å²) in [5.41, 5.74) is 5.16. The number of aliphatic hydroxyl groups is 1. The Balaban J connectivity index is 2.45. The highest BCUT2D eigenvalue weighted by Crippen LogP contribution is 2.16. The van der Waals surface area contributed by atoms with Crippen molar-refractivity contribution >= 4 is 17.9 Å². The molecule has 8 nitrogen and oxygen atoms in total. The second-order valence-corrected chi connectivity index (χ2v) is 4.19. The minimum Gasteiger partial charge on any atom is -0.480 e. The molecule has 1 atom stereocenters. The van der Waals surface area contributed by atoms with Crippen LogP contribution < -0.4 is 11.1 Å². The number of hydrogen-bond acceptors (Lipinski definition) is 4. The van der Waals surface area contributed by atoms with Crippen LogP contribution in [0.3, 0.4) is 0 Å². The molecule has 5 N–H and O–H groups in total. The van der Waals surface area contributed by atoms with Gasteiger partial charge >= 0.3 is 12.0 Å². The molecular formula is C10H17N3O5. The van der Waals surface area contributed by atoms with Gasteiger partial charge in [-0.1, -0.05) is 0 Å². The van der Waals surface area contributed by atoms with Gasteiger partial charge in [0.2, 0.25) is 5.91 Å². The lowest BCUT2D eigenvalue weighted by molar-refractivity contribution is -0.140. The standard InChI is InChI=1S/C10H17N3O5/c11-8(15)6-1-3-13(4-2-6)10(18)12-7(5-14)9(16)17/h6-7,14H,1-5H2,(H2,11,15)(H,12,18)(H,16,17). The summed E-state index contributed by atoms with van der Waals surface area (Å²) in [6.45, 7) is 0.0211. The van der Waals surface area contributed by atoms with E-state index in [9.17, 15) is 14.4 Å². The minimum absolute atomic E-state index is 0.234. The molecule has 8 heteroatoms. The lowest BCUT2D eigenvalue weighted by Crippen LogP contribution is -2.52. The number of primary amides is 1. The van der Waals surface area contributed by atoms with Gasteiger partial charge in [0.05, 0.1) is 6.61 Å². The van der Waals surface area contributed by atoms with E-state index < -0.39 is 24.6 Å². The third kappa shape index (κ3) is 3.59. The predicted octanol–water partition coefficient (Wildman–Crippen LogP) is -1.66. The number of carbonyl (C=O) groups is 3. The van der Waals surface area contributed by atoms with Crippen LogP contribution in [0.2, 0.25) is 0 Å². The molecule has 0 aromatic carbocycles. The molecule has 0 aromatic heterocycles. The number of carboxylic acids is 1. The predicted molar refractivity (Wildman–Crippen MR) is 60.5 cm³/mol. The highest BCUT2D eigenvalue weighted by molar-refractivity contribution is 5.83. The molecule has 0 aromatic rings. The van der Waals surface area contributed by atoms with E-state index in [0.29, 0.717) is 25.9 Å². The van der Waals surface area contributed by atoms with Crippen LogP contribution in [0.1, 0.15) is 12.8 Å². The quantitative estimate of drug-likeness (QED) is 0.479. The van der Waals surface area contributed by atoms with E-state index >= 15 is 0 Å². The van der Waals surface area contributed by atoms with Crippen molar-refractivity contribution in [3.05, 3.63) is 0 Å². The average molecular weight is 259 g/mol. The first-order valence-electron chi connectivity index (χ1n) is 5.64. The largest absolute Gasteiger partial charge is 0.480 e. The summed E-state index contributed by atoms with van der Waals surface area (Å²) in [5.74, 6) is -1.91. The Bertz CT molecular complexity index is 338. The molecule has 1 aliphatic heterocycles. The third-order valence-corrected chi connectivity index (χ3v) is 2.96. The first-order chi connectivity index (χ1) is 8.45. The molecule has 0 bridgehead atoms. The molecule has 0 aliphatic carbocycles. The zero-order valence-electron chi connectivity index (χ0n) is 9.83. The fraction of sp³-hybridized carbons (Fsp3) is 0.700. The number of likely N-dealkylation sites (tertiary alicyclic amines) is 1. The molecule has 3 amide bonds. The van der Waals surface area contributed by atoms with Crippen LogP contribution in [0.4, 0.5) is 4.79 Å². The van der Waals surface area contributed by atoms with E-state index in [1.165, 1.54) is 4.90 Å². The summed E-state index contributed by atoms with van der Waals surface area (Å²) in [6, 6.07) is -1.87. The average Bonchev–Trinajstić information content (AvgIpc) is 2.35. The first-order valence-corrected chi connectivity index (χ1v) is 5.64. The van der Waals surface area contributed by atoms with Gasteiger partial charge in [0.15, 0.2) is 6.04 Å². The smallest absolute Gasteiger partial charge is 0.328 e. The number of aliphatic carboxylic acids is 1. The van der Waals surface area contributed by atoms with Crippen LogP contribution in [-0.2, 0) is 9.59 Å². The molecule has 0 saturated carbocycles. The monoisotopic (exact) mass is 259 g/mol. The van der Waals surface area contributed by atoms with Crippen molar-refractivity contribution in [2.75, 3.05) is 19.7 Å². The number of rotatable bonds is 4. The van der Waals surface area contributed by atoms with Gasteiger partial charge in [-0.2, -0.15) is 0 Å². The number of piperidine rings is 1. The van der Waals surface area contributed by atoms with Crippen molar-refractivity contribution in [2.45, 2.75) is 18.9 Å². The van der Waals surface area contributed by atoms with Crippen molar-refractivity contribution in [1.29, 1.82) is 0 Å². The summed E-state index contributed by atoms with van der Waals surface area (Å²) in [5, 5.41) is 19.7. The number of urea groups is 1. The maximum Gasteiger partial charge on any atom is 0.328 e. The maximum atomic E-state index is 11.7. The number of nitrogens with two attached hydrogens (primary N) is 1. The first kappa shape index (κ1) is 14.2. The van der Waals surface area contributed by atoms with Gasteiger partial charge in [0, 0.05) is 19.0 Å². The molecule has 1 aliphatic rings. The summed E-state index contributed by atoms with van der Waals surface area (Å²) in [4.78, 5) is 34.7. The van der Waals surface area contributed by atoms with Crippen molar-refractivity contribution in [2.24, 2.45) is 11.7 Å². The van der Waals surface area contributed by atoms with Crippen molar-refractivity contribution < 1.29 is 24.6 Å². The highest BCUT2D eigenvalue weighted by Gasteiger charge is 2.28. The molecule has 1 fully saturated rings. The van der Waals surface area contributed by atoms with E-state index in [-0.39, 0.29) is 11.8 Å². The molecule has 1 heterocycles. The zero-order chi connectivity index (χ0) is 13.7. The van der Waals surface area contributed by atoms with Crippen molar-refractivity contribution in [3.63, 3.8) is 0 Å². The van der Waals surface area contributed by atoms with E-state index in [0.717, 1.165) is 0 Å². The van der Waals surface area contributed by atoms with Gasteiger partial charge in [-0.3, -0.25) is 4.79 Å². The Morgan fingerprint density at radius 1 is 1.33 bits per heavy atom. The fourth-order valence-corrected chi connectivity index (χ4v) is 1.79. The Morgan fingerprint density at radius 3 is 2.28 bits per heavy atom. The molecule has 0 spiro atoms. The number of amides is 3. The number of aliphatic hydroxyl groups excluding tert-OH is 1. The SMILES string of the molecule is NC(=O)C1CCN(C(=O)NC(CO)C(=O)O)CC1. The molecule has 1 unspecified atom stereocenters. The summed E-state index contributed by atoms with van der Waals surface area (Å²) in [6.07, 6.45) is 0.944. The van der Waals surface area contributed by atoms with Gasteiger partial charge in [0.1, 0.15) is 0 Å². The van der Waals surface area contributed by atoms with Crippen LogP contribution in [0.15, 0.2) is 0 Å². The van der Waals surface area contributed by atoms with Crippen LogP contribution in [0.25, 0.3) is 0 Å². The Hall–Kier alpha value is -1.83. The fourth-order valence-electron chi connectivity index (χ4n) is 1.79. The van der Waals surface area contributed by atoms with Crippen molar-refractivity contribution in [3.8, 4) is 0 Å². The van der Waals surface area contributed by atoms with Gasteiger partial charge in [0.25, 0.3) is 0 Å². The highest BCUT2D eigenvalue weighted by atomic mass is 16.4. The van der Waals surface area contributed by atoms with E-state index in [2.05, 4.69) is 5.32 Å². The maximum absolute atomic E-state index is 11.7. The molecular weight excluding hydrogens is 242 g/mol. The van der Waals surface area contributed by atoms with Crippen LogP contribution >= 0.6 is 0 Å². The topological polar surface area (TPSA) is 133 Å². The lowest BCUT2D eigenvalue weighted by atomic mass is 9.96. The van der Waals surface area contributed by atoms with E-state index in [1.54, 1.807) is 0 Å². The Morgan fingerprint density at radius 2 is 1.89 bits per heavy atom. The molecule has 1 rings (SSSR count). The Kier molecular flexibility index (Phi) is 4.90. The van der Waals surface area contributed by atoms with Gasteiger partial charge < -0.3 is 26.2 Å². The molecule has 0 radical (unpaired) electrons. The number of nitrogens with one attached hydrogen (secondary N) is 1. The summed E-state index contributed by atoms with van der Waals surface area (Å²) in [7, 11) is 0. The molecule has 102 valence electrons. The Labute approximate surface area is 104 Å². The zero-order valence-corrected chi connectivity index (χ0v) is 9.83. The molecule has 1 saturated heterocycles. The minimum atomic E-state index is -1.31. The summed E-state index contributed by atoms with van der Waals surface area (Å²) >= 11 is 0. The summed E-state index contributed by atoms with van der Waals surface area (Å²) < 4.78 is 0. The third-order valence-electron chi connectivity index (χ3n) is 2.96. The number of carbonyl (C=O) groups excluding carboxylic acids is 2. The molecule has 18 heavy (non-hydrogen) atoms. The van der Waals surface area contributed by atoms with Crippen LogP contribution in [0, 0.1) is 5.92 Å². The van der Waals surface area contributed by atoms with Crippen LogP contribution in [-0.4, -0.2) is 58.8 Å². The number of hydrogen-bond donors (Lipinski definition) is 4. The number of nitrogens with zero attached hydrogens (tertiary/aromatic N) is 1. The van der Waals surface area contributed by atoms with Crippen LogP contribution in [0.5, 0.6) is 0 Å². The lowest BCUT2D eigenvalue weighted by Gasteiger charge is -2.31. The van der Waals surface area contributed by atoms with E-state index in [1.807, 2.05) is 0 Å². The van der Waals surface area contributed by atoms with Gasteiger partial charge in [-0.25, -0.2) is 9.59 Å². The van der Waals surface area contributed by atoms with Gasteiger partial charge in [-0.15, -0.1) is 0 Å².